The number of amides is 1. The molecule has 0 unspecified atom stereocenters. The molecule has 0 aliphatic carbocycles. The predicted octanol–water partition coefficient (Wildman–Crippen LogP) is 6.11. The number of hydrogen-bond acceptors (Lipinski definition) is 4. The average Bonchev–Trinajstić information content (AvgIpc) is 2.82. The van der Waals surface area contributed by atoms with Crippen LogP contribution in [-0.2, 0) is 11.2 Å². The molecule has 0 aliphatic rings. The topological polar surface area (TPSA) is 64.0 Å². The second kappa shape index (κ2) is 10.7. The Morgan fingerprint density at radius 2 is 1.85 bits per heavy atom. The number of unbranched alkanes of at least 4 members (excludes halogenated alkanes) is 1. The summed E-state index contributed by atoms with van der Waals surface area (Å²) in [7, 11) is 0. The van der Waals surface area contributed by atoms with Crippen molar-refractivity contribution in [2.24, 2.45) is 0 Å². The number of benzene rings is 3. The lowest BCUT2D eigenvalue weighted by molar-refractivity contribution is -0.113. The second-order valence-electron chi connectivity index (χ2n) is 7.67. The van der Waals surface area contributed by atoms with Gasteiger partial charge in [-0.25, -0.2) is 4.98 Å². The van der Waals surface area contributed by atoms with E-state index < -0.39 is 0 Å². The van der Waals surface area contributed by atoms with Crippen LogP contribution in [0.25, 0.3) is 16.6 Å². The van der Waals surface area contributed by atoms with E-state index in [-0.39, 0.29) is 17.2 Å². The Balaban J connectivity index is 1.56. The molecule has 33 heavy (non-hydrogen) atoms. The molecule has 1 amide bonds. The lowest BCUT2D eigenvalue weighted by Crippen LogP contribution is -2.23. The van der Waals surface area contributed by atoms with E-state index in [1.54, 1.807) is 36.4 Å². The summed E-state index contributed by atoms with van der Waals surface area (Å²) in [5.41, 5.74) is 3.01. The number of nitrogens with one attached hydrogen (secondary N) is 1. The standard InChI is InChI=1S/C26H24ClN3O2S/c1-2-3-7-18-12-14-20(15-13-18)28-24(31)17-33-26-29-23-11-5-4-10-22(23)25(32)30(26)21-9-6-8-19(27)16-21/h4-6,8-16H,2-3,7,17H2,1H3,(H,28,31). The highest BCUT2D eigenvalue weighted by Crippen LogP contribution is 2.23. The maximum absolute atomic E-state index is 13.3. The number of carbonyl (C=O) groups excluding carboxylic acids is 1. The van der Waals surface area contributed by atoms with Crippen molar-refractivity contribution < 1.29 is 4.79 Å². The third-order valence-corrected chi connectivity index (χ3v) is 6.37. The van der Waals surface area contributed by atoms with E-state index in [0.717, 1.165) is 24.9 Å². The first-order valence-corrected chi connectivity index (χ1v) is 12.2. The summed E-state index contributed by atoms with van der Waals surface area (Å²) in [5.74, 6) is -0.0514. The number of carbonyl (C=O) groups is 1. The van der Waals surface area contributed by atoms with E-state index >= 15 is 0 Å². The van der Waals surface area contributed by atoms with Gasteiger partial charge in [0.25, 0.3) is 5.56 Å². The van der Waals surface area contributed by atoms with E-state index in [0.29, 0.717) is 26.8 Å². The van der Waals surface area contributed by atoms with Gasteiger partial charge in [-0.3, -0.25) is 14.2 Å². The molecule has 1 heterocycles. The van der Waals surface area contributed by atoms with Crippen molar-refractivity contribution in [2.75, 3.05) is 11.1 Å². The van der Waals surface area contributed by atoms with Crippen LogP contribution in [0.1, 0.15) is 25.3 Å². The number of aromatic nitrogens is 2. The molecule has 0 radical (unpaired) electrons. The predicted molar refractivity (Wildman–Crippen MR) is 137 cm³/mol. The van der Waals surface area contributed by atoms with Crippen molar-refractivity contribution >= 4 is 45.9 Å². The molecule has 0 spiro atoms. The number of halogens is 1. The first-order valence-electron chi connectivity index (χ1n) is 10.8. The quantitative estimate of drug-likeness (QED) is 0.245. The number of para-hydroxylation sites is 1. The van der Waals surface area contributed by atoms with Gasteiger partial charge in [0.1, 0.15) is 0 Å². The third-order valence-electron chi connectivity index (χ3n) is 5.20. The number of anilines is 1. The fraction of sp³-hybridized carbons (Fsp3) is 0.192. The Hall–Kier alpha value is -3.09. The van der Waals surface area contributed by atoms with Crippen LogP contribution >= 0.6 is 23.4 Å². The maximum atomic E-state index is 13.3. The largest absolute Gasteiger partial charge is 0.325 e. The van der Waals surface area contributed by atoms with Crippen LogP contribution in [0.4, 0.5) is 5.69 Å². The van der Waals surface area contributed by atoms with E-state index in [2.05, 4.69) is 17.2 Å². The highest BCUT2D eigenvalue weighted by molar-refractivity contribution is 7.99. The van der Waals surface area contributed by atoms with Crippen LogP contribution in [0.5, 0.6) is 0 Å². The molecule has 1 aromatic heterocycles. The van der Waals surface area contributed by atoms with Gasteiger partial charge in [0, 0.05) is 10.7 Å². The average molecular weight is 478 g/mol. The van der Waals surface area contributed by atoms with E-state index in [9.17, 15) is 9.59 Å². The molecule has 0 saturated carbocycles. The SMILES string of the molecule is CCCCc1ccc(NC(=O)CSc2nc3ccccc3c(=O)n2-c2cccc(Cl)c2)cc1. The van der Waals surface area contributed by atoms with E-state index in [1.807, 2.05) is 36.4 Å². The molecule has 0 atom stereocenters. The fourth-order valence-electron chi connectivity index (χ4n) is 3.51. The van der Waals surface area contributed by atoms with Crippen LogP contribution in [0.3, 0.4) is 0 Å². The van der Waals surface area contributed by atoms with Crippen molar-refractivity contribution in [1.29, 1.82) is 0 Å². The van der Waals surface area contributed by atoms with Gasteiger partial charge in [0.15, 0.2) is 5.16 Å². The summed E-state index contributed by atoms with van der Waals surface area (Å²) in [6.07, 6.45) is 3.34. The normalized spacial score (nSPS) is 11.0. The minimum absolute atomic E-state index is 0.114. The zero-order chi connectivity index (χ0) is 23.2. The number of hydrogen-bond donors (Lipinski definition) is 1. The van der Waals surface area contributed by atoms with Crippen molar-refractivity contribution in [2.45, 2.75) is 31.3 Å². The molecule has 7 heteroatoms. The van der Waals surface area contributed by atoms with Gasteiger partial charge in [-0.2, -0.15) is 0 Å². The summed E-state index contributed by atoms with van der Waals surface area (Å²) in [6.45, 7) is 2.17. The fourth-order valence-corrected chi connectivity index (χ4v) is 4.51. The molecule has 4 aromatic rings. The number of aryl methyl sites for hydroxylation is 1. The zero-order valence-corrected chi connectivity index (χ0v) is 19.8. The van der Waals surface area contributed by atoms with Crippen LogP contribution in [-0.4, -0.2) is 21.2 Å². The number of fused-ring (bicyclic) bond motifs is 1. The Morgan fingerprint density at radius 1 is 1.06 bits per heavy atom. The molecule has 0 saturated heterocycles. The molecule has 3 aromatic carbocycles. The smallest absolute Gasteiger partial charge is 0.266 e. The molecular weight excluding hydrogens is 454 g/mol. The highest BCUT2D eigenvalue weighted by Gasteiger charge is 2.15. The minimum Gasteiger partial charge on any atom is -0.325 e. The molecule has 5 nitrogen and oxygen atoms in total. The molecular formula is C26H24ClN3O2S. The summed E-state index contributed by atoms with van der Waals surface area (Å²) in [6, 6.07) is 22.2. The van der Waals surface area contributed by atoms with Crippen molar-refractivity contribution in [3.63, 3.8) is 0 Å². The maximum Gasteiger partial charge on any atom is 0.266 e. The van der Waals surface area contributed by atoms with Crippen LogP contribution in [0.15, 0.2) is 82.7 Å². The summed E-state index contributed by atoms with van der Waals surface area (Å²) in [4.78, 5) is 30.6. The Morgan fingerprint density at radius 3 is 2.61 bits per heavy atom. The first-order chi connectivity index (χ1) is 16.0. The van der Waals surface area contributed by atoms with Gasteiger partial charge in [-0.15, -0.1) is 0 Å². The van der Waals surface area contributed by atoms with Crippen LogP contribution in [0.2, 0.25) is 5.02 Å². The van der Waals surface area contributed by atoms with Gasteiger partial charge >= 0.3 is 0 Å². The number of nitrogens with zero attached hydrogens (tertiary/aromatic N) is 2. The van der Waals surface area contributed by atoms with Crippen molar-refractivity contribution in [1.82, 2.24) is 9.55 Å². The molecule has 0 fully saturated rings. The third kappa shape index (κ3) is 5.64. The Kier molecular flexibility index (Phi) is 7.47. The molecule has 0 aliphatic heterocycles. The molecule has 168 valence electrons. The second-order valence-corrected chi connectivity index (χ2v) is 9.05. The molecule has 0 bridgehead atoms. The van der Waals surface area contributed by atoms with Gasteiger partial charge in [0.2, 0.25) is 5.91 Å². The van der Waals surface area contributed by atoms with Gasteiger partial charge in [-0.05, 0) is 60.9 Å². The highest BCUT2D eigenvalue weighted by atomic mass is 35.5. The summed E-state index contributed by atoms with van der Waals surface area (Å²) >= 11 is 7.38. The van der Waals surface area contributed by atoms with Crippen LogP contribution < -0.4 is 10.9 Å². The lowest BCUT2D eigenvalue weighted by Gasteiger charge is -2.13. The van der Waals surface area contributed by atoms with E-state index in [1.165, 1.54) is 21.9 Å². The van der Waals surface area contributed by atoms with Crippen LogP contribution in [0, 0.1) is 0 Å². The van der Waals surface area contributed by atoms with Crippen molar-refractivity contribution in [3.8, 4) is 5.69 Å². The summed E-state index contributed by atoms with van der Waals surface area (Å²) < 4.78 is 1.51. The van der Waals surface area contributed by atoms with E-state index in [4.69, 9.17) is 11.6 Å². The van der Waals surface area contributed by atoms with Gasteiger partial charge in [0.05, 0.1) is 22.3 Å². The number of thioether (sulfide) groups is 1. The van der Waals surface area contributed by atoms with Gasteiger partial charge < -0.3 is 5.32 Å². The lowest BCUT2D eigenvalue weighted by atomic mass is 10.1. The monoisotopic (exact) mass is 477 g/mol. The number of rotatable bonds is 8. The Bertz CT molecular complexity index is 1340. The molecule has 1 N–H and O–H groups in total. The zero-order valence-electron chi connectivity index (χ0n) is 18.3. The van der Waals surface area contributed by atoms with Crippen molar-refractivity contribution in [3.05, 3.63) is 93.7 Å². The summed E-state index contributed by atoms with van der Waals surface area (Å²) in [5, 5.41) is 4.38. The Labute approximate surface area is 201 Å². The minimum atomic E-state index is -0.201. The first kappa shape index (κ1) is 23.1. The van der Waals surface area contributed by atoms with Gasteiger partial charge in [-0.1, -0.05) is 67.0 Å². The molecule has 4 rings (SSSR count).